The Labute approximate surface area is 169 Å². The van der Waals surface area contributed by atoms with Gasteiger partial charge in [-0.25, -0.2) is 0 Å². The van der Waals surface area contributed by atoms with E-state index in [4.69, 9.17) is 9.26 Å². The molecule has 146 valence electrons. The lowest BCUT2D eigenvalue weighted by Crippen LogP contribution is -1.96. The van der Waals surface area contributed by atoms with Crippen molar-refractivity contribution in [2.75, 3.05) is 11.8 Å². The van der Waals surface area contributed by atoms with E-state index in [1.807, 2.05) is 38.5 Å². The number of rotatable bonds is 8. The molecule has 0 spiro atoms. The van der Waals surface area contributed by atoms with E-state index in [2.05, 4.69) is 40.6 Å². The van der Waals surface area contributed by atoms with E-state index < -0.39 is 0 Å². The van der Waals surface area contributed by atoms with Gasteiger partial charge < -0.3 is 14.0 Å². The molecule has 28 heavy (non-hydrogen) atoms. The summed E-state index contributed by atoms with van der Waals surface area (Å²) in [5, 5.41) is 8.49. The first-order valence-corrected chi connectivity index (χ1v) is 9.80. The van der Waals surface area contributed by atoms with Crippen molar-refractivity contribution < 1.29 is 9.26 Å². The molecule has 3 aromatic rings. The summed E-state index contributed by atoms with van der Waals surface area (Å²) < 4.78 is 16.1. The van der Waals surface area contributed by atoms with Crippen LogP contribution in [0, 0.1) is 0 Å². The molecule has 7 heteroatoms. The molecule has 0 atom stereocenters. The number of methoxy groups -OCH3 is 1. The maximum Gasteiger partial charge on any atom is 0.188 e. The van der Waals surface area contributed by atoms with Crippen molar-refractivity contribution in [3.8, 4) is 5.75 Å². The Hall–Kier alpha value is -2.93. The summed E-state index contributed by atoms with van der Waals surface area (Å²) >= 11 is 1.44. The topological polar surface area (TPSA) is 65.1 Å². The van der Waals surface area contributed by atoms with Crippen LogP contribution in [0.3, 0.4) is 0 Å². The van der Waals surface area contributed by atoms with Crippen LogP contribution in [0.2, 0.25) is 0 Å². The van der Waals surface area contributed by atoms with Gasteiger partial charge in [-0.15, -0.1) is 0 Å². The van der Waals surface area contributed by atoms with E-state index in [1.54, 1.807) is 17.9 Å². The highest BCUT2D eigenvalue weighted by Crippen LogP contribution is 2.37. The van der Waals surface area contributed by atoms with Crippen molar-refractivity contribution >= 4 is 29.4 Å². The Morgan fingerprint density at radius 2 is 2.25 bits per heavy atom. The van der Waals surface area contributed by atoms with Crippen LogP contribution in [0.5, 0.6) is 5.75 Å². The van der Waals surface area contributed by atoms with Gasteiger partial charge in [0.1, 0.15) is 5.75 Å². The van der Waals surface area contributed by atoms with Crippen LogP contribution in [0.4, 0.5) is 5.82 Å². The van der Waals surface area contributed by atoms with Gasteiger partial charge in [-0.05, 0) is 54.6 Å². The second-order valence-electron chi connectivity index (χ2n) is 6.12. The molecule has 0 saturated carbocycles. The van der Waals surface area contributed by atoms with Crippen LogP contribution in [0.15, 0.2) is 52.7 Å². The molecule has 1 N–H and O–H groups in total. The number of aryl methyl sites for hydroxylation is 2. The maximum absolute atomic E-state index is 5.50. The lowest BCUT2D eigenvalue weighted by Gasteiger charge is -2.11. The summed E-state index contributed by atoms with van der Waals surface area (Å²) in [5.74, 6) is 2.04. The Kier molecular flexibility index (Phi) is 6.26. The molecular formula is C21H24N4O2S. The molecule has 1 aromatic carbocycles. The summed E-state index contributed by atoms with van der Waals surface area (Å²) in [6, 6.07) is 6.16. The predicted molar refractivity (Wildman–Crippen MR) is 114 cm³/mol. The van der Waals surface area contributed by atoms with E-state index in [0.717, 1.165) is 33.8 Å². The number of nitrogens with zero attached hydrogens (tertiary/aromatic N) is 3. The molecule has 0 fully saturated rings. The molecule has 0 saturated heterocycles. The van der Waals surface area contributed by atoms with Crippen molar-refractivity contribution in [1.82, 2.24) is 14.9 Å². The Balaban J connectivity index is 1.94. The van der Waals surface area contributed by atoms with E-state index in [0.29, 0.717) is 11.6 Å². The van der Waals surface area contributed by atoms with Crippen molar-refractivity contribution in [1.29, 1.82) is 0 Å². The van der Waals surface area contributed by atoms with Gasteiger partial charge in [-0.3, -0.25) is 4.68 Å². The van der Waals surface area contributed by atoms with Crippen LogP contribution < -0.4 is 9.46 Å². The zero-order valence-electron chi connectivity index (χ0n) is 16.5. The smallest absolute Gasteiger partial charge is 0.188 e. The number of hydrogen-bond donors (Lipinski definition) is 1. The number of allylic oxidation sites excluding steroid dienone is 1. The molecule has 2 heterocycles. The van der Waals surface area contributed by atoms with E-state index in [1.165, 1.54) is 17.5 Å². The summed E-state index contributed by atoms with van der Waals surface area (Å²) in [6.07, 6.45) is 8.41. The standard InChI is InChI=1S/C21H24N4O2S/c1-6-14-9-10-18(26-5)19(11-14)28-24-21-20(17(8-3)27-23-21)16(7-2)15-12-22-25(4)13-15/h7-13H,3,6H2,1-2,4-5H3,(H,23,24)/b16-7-. The Morgan fingerprint density at radius 1 is 1.43 bits per heavy atom. The summed E-state index contributed by atoms with van der Waals surface area (Å²) in [4.78, 5) is 0.986. The Morgan fingerprint density at radius 3 is 2.86 bits per heavy atom. The Bertz CT molecular complexity index is 1000. The maximum atomic E-state index is 5.50. The van der Waals surface area contributed by atoms with Crippen LogP contribution >= 0.6 is 11.9 Å². The molecule has 2 aromatic heterocycles. The van der Waals surface area contributed by atoms with Crippen molar-refractivity contribution in [3.05, 3.63) is 65.7 Å². The lowest BCUT2D eigenvalue weighted by molar-refractivity contribution is 0.404. The first kappa shape index (κ1) is 19.8. The van der Waals surface area contributed by atoms with Crippen molar-refractivity contribution in [3.63, 3.8) is 0 Å². The lowest BCUT2D eigenvalue weighted by atomic mass is 10.0. The van der Waals surface area contributed by atoms with Gasteiger partial charge in [0.2, 0.25) is 0 Å². The summed E-state index contributed by atoms with van der Waals surface area (Å²) in [5.41, 5.74) is 4.04. The highest BCUT2D eigenvalue weighted by molar-refractivity contribution is 8.00. The molecule has 0 aliphatic heterocycles. The first-order valence-electron chi connectivity index (χ1n) is 8.98. The average molecular weight is 397 g/mol. The molecule has 0 amide bonds. The second-order valence-corrected chi connectivity index (χ2v) is 6.97. The van der Waals surface area contributed by atoms with Crippen LogP contribution in [0.1, 0.15) is 36.3 Å². The third-order valence-electron chi connectivity index (χ3n) is 4.37. The highest BCUT2D eigenvalue weighted by atomic mass is 32.2. The van der Waals surface area contributed by atoms with Gasteiger partial charge in [0.25, 0.3) is 0 Å². The van der Waals surface area contributed by atoms with Crippen molar-refractivity contribution in [2.24, 2.45) is 7.05 Å². The molecule has 0 unspecified atom stereocenters. The number of benzene rings is 1. The van der Waals surface area contributed by atoms with Crippen LogP contribution in [-0.4, -0.2) is 22.0 Å². The monoisotopic (exact) mass is 396 g/mol. The van der Waals surface area contributed by atoms with Gasteiger partial charge in [-0.2, -0.15) is 5.10 Å². The zero-order valence-corrected chi connectivity index (χ0v) is 17.3. The number of ether oxygens (including phenoxy) is 1. The van der Waals surface area contributed by atoms with Gasteiger partial charge in [0.05, 0.1) is 23.8 Å². The minimum atomic E-state index is 0.606. The van der Waals surface area contributed by atoms with Gasteiger partial charge in [0.15, 0.2) is 11.6 Å². The molecule has 0 aliphatic carbocycles. The van der Waals surface area contributed by atoms with Gasteiger partial charge in [-0.1, -0.05) is 30.8 Å². The normalized spacial score (nSPS) is 11.5. The van der Waals surface area contributed by atoms with Crippen LogP contribution in [-0.2, 0) is 13.5 Å². The number of nitrogens with one attached hydrogen (secondary N) is 1. The largest absolute Gasteiger partial charge is 0.496 e. The number of hydrogen-bond acceptors (Lipinski definition) is 6. The van der Waals surface area contributed by atoms with Gasteiger partial charge in [0, 0.05) is 18.8 Å². The molecule has 6 nitrogen and oxygen atoms in total. The summed E-state index contributed by atoms with van der Waals surface area (Å²) in [6.45, 7) is 7.96. The molecular weight excluding hydrogens is 372 g/mol. The fourth-order valence-electron chi connectivity index (χ4n) is 2.91. The number of aromatic nitrogens is 3. The third kappa shape index (κ3) is 3.99. The second kappa shape index (κ2) is 8.84. The van der Waals surface area contributed by atoms with Gasteiger partial charge >= 0.3 is 0 Å². The van der Waals surface area contributed by atoms with E-state index in [9.17, 15) is 0 Å². The quantitative estimate of drug-likeness (QED) is 0.529. The fourth-order valence-corrected chi connectivity index (χ4v) is 3.72. The molecule has 3 rings (SSSR count). The number of anilines is 1. The minimum absolute atomic E-state index is 0.606. The van der Waals surface area contributed by atoms with Crippen molar-refractivity contribution in [2.45, 2.75) is 25.2 Å². The molecule has 0 bridgehead atoms. The fraction of sp³-hybridized carbons (Fsp3) is 0.238. The average Bonchev–Trinajstić information content (AvgIpc) is 3.33. The van der Waals surface area contributed by atoms with E-state index >= 15 is 0 Å². The highest BCUT2D eigenvalue weighted by Gasteiger charge is 2.20. The zero-order chi connectivity index (χ0) is 20.1. The van der Waals surface area contributed by atoms with E-state index in [-0.39, 0.29) is 0 Å². The molecule has 0 aliphatic rings. The molecule has 0 radical (unpaired) electrons. The van der Waals surface area contributed by atoms with Crippen LogP contribution in [0.25, 0.3) is 11.6 Å². The first-order chi connectivity index (χ1) is 13.6. The summed E-state index contributed by atoms with van der Waals surface area (Å²) in [7, 11) is 3.56. The third-order valence-corrected chi connectivity index (χ3v) is 5.21. The SMILES string of the molecule is C=Cc1onc(NSc2cc(CC)ccc2OC)c1/C(=C\C)c1cnn(C)c1. The predicted octanol–water partition coefficient (Wildman–Crippen LogP) is 5.19. The minimum Gasteiger partial charge on any atom is -0.496 e.